The molecule has 0 atom stereocenters. The number of carbonyl (C=O) groups excluding carboxylic acids is 1. The molecule has 44 heavy (non-hydrogen) atoms. The van der Waals surface area contributed by atoms with Crippen LogP contribution in [0.15, 0.2) is 138 Å². The second-order valence-electron chi connectivity index (χ2n) is 10.2. The van der Waals surface area contributed by atoms with Crippen molar-refractivity contribution in [2.75, 3.05) is 10.3 Å². The maximum Gasteiger partial charge on any atom is 0.303 e. The Morgan fingerprint density at radius 3 is 2.09 bits per heavy atom. The molecule has 0 bridgehead atoms. The number of hydrazone groups is 1. The zero-order chi connectivity index (χ0) is 30.0. The lowest BCUT2D eigenvalue weighted by Crippen LogP contribution is -2.34. The Morgan fingerprint density at radius 1 is 0.773 bits per heavy atom. The molecule has 0 aliphatic carbocycles. The van der Waals surface area contributed by atoms with Crippen LogP contribution in [0.3, 0.4) is 0 Å². The number of hydrogen-bond donors (Lipinski definition) is 2. The number of para-hydroxylation sites is 1. The Hall–Kier alpha value is -6.22. The number of aryl methyl sites for hydroxylation is 1. The van der Waals surface area contributed by atoms with E-state index in [9.17, 15) is 4.79 Å². The van der Waals surface area contributed by atoms with Crippen LogP contribution in [0, 0.1) is 5.41 Å². The quantitative estimate of drug-likeness (QED) is 0.238. The summed E-state index contributed by atoms with van der Waals surface area (Å²) in [5, 5.41) is 13.7. The predicted octanol–water partition coefficient (Wildman–Crippen LogP) is 6.00. The van der Waals surface area contributed by atoms with E-state index in [4.69, 9.17) is 10.4 Å². The number of fused-ring (bicyclic) bond motifs is 1. The van der Waals surface area contributed by atoms with E-state index in [1.165, 1.54) is 0 Å². The van der Waals surface area contributed by atoms with E-state index in [0.29, 0.717) is 33.7 Å². The van der Waals surface area contributed by atoms with Gasteiger partial charge in [0.25, 0.3) is 0 Å². The molecule has 6 aromatic rings. The summed E-state index contributed by atoms with van der Waals surface area (Å²) in [5.41, 5.74) is 9.37. The molecule has 0 spiro atoms. The Balaban J connectivity index is 1.28. The summed E-state index contributed by atoms with van der Waals surface area (Å²) < 4.78 is 1.68. The van der Waals surface area contributed by atoms with Crippen molar-refractivity contribution < 1.29 is 4.79 Å². The lowest BCUT2D eigenvalue weighted by molar-refractivity contribution is -0.111. The number of carbonyl (C=O) groups is 1. The normalized spacial score (nSPS) is 13.8. The van der Waals surface area contributed by atoms with E-state index in [2.05, 4.69) is 20.5 Å². The summed E-state index contributed by atoms with van der Waals surface area (Å²) in [6.07, 6.45) is 1.61. The molecule has 0 saturated carbocycles. The average Bonchev–Trinajstić information content (AvgIpc) is 3.42. The smallest absolute Gasteiger partial charge is 0.303 e. The standard InChI is InChI=1S/C35H26N8O/c1-42-22-37-32-30(31(42)36)28(23-11-5-2-6-12-23)21-29(38-32)24-17-19-27(20-18-24)43-34(25-13-7-3-8-14-25)39-33(35(43)44)41-40-26-15-9-4-10-16-26/h2-22,36,40H,1H3/b36-31?,41-33-. The number of nitrogens with one attached hydrogen (secondary N) is 2. The number of rotatable bonds is 6. The van der Waals surface area contributed by atoms with Crippen molar-refractivity contribution >= 4 is 40.0 Å². The topological polar surface area (TPSA) is 112 Å². The van der Waals surface area contributed by atoms with Gasteiger partial charge in [0, 0.05) is 18.2 Å². The number of amides is 1. The van der Waals surface area contributed by atoms with Crippen LogP contribution >= 0.6 is 0 Å². The average molecular weight is 575 g/mol. The van der Waals surface area contributed by atoms with E-state index in [1.807, 2.05) is 121 Å². The molecule has 2 aromatic heterocycles. The summed E-state index contributed by atoms with van der Waals surface area (Å²) in [7, 11) is 1.80. The van der Waals surface area contributed by atoms with Gasteiger partial charge in [-0.3, -0.25) is 20.5 Å². The molecule has 0 unspecified atom stereocenters. The van der Waals surface area contributed by atoms with Gasteiger partial charge in [-0.15, -0.1) is 5.10 Å². The molecular formula is C35H26N8O. The zero-order valence-corrected chi connectivity index (χ0v) is 23.7. The fourth-order valence-corrected chi connectivity index (χ4v) is 5.13. The Bertz CT molecular complexity index is 2120. The summed E-state index contributed by atoms with van der Waals surface area (Å²) >= 11 is 0. The first kappa shape index (κ1) is 26.7. The van der Waals surface area contributed by atoms with Crippen molar-refractivity contribution in [2.45, 2.75) is 0 Å². The molecule has 7 rings (SSSR count). The Labute approximate surface area is 253 Å². The van der Waals surface area contributed by atoms with Gasteiger partial charge in [-0.1, -0.05) is 91.0 Å². The van der Waals surface area contributed by atoms with Crippen LogP contribution in [0.5, 0.6) is 0 Å². The third-order valence-electron chi connectivity index (χ3n) is 7.36. The summed E-state index contributed by atoms with van der Waals surface area (Å²) in [4.78, 5) is 29.2. The van der Waals surface area contributed by atoms with Gasteiger partial charge in [0.05, 0.1) is 28.8 Å². The molecule has 9 heteroatoms. The number of hydrogen-bond acceptors (Lipinski definition) is 6. The van der Waals surface area contributed by atoms with Gasteiger partial charge in [-0.2, -0.15) is 0 Å². The van der Waals surface area contributed by atoms with Crippen molar-refractivity contribution in [1.82, 2.24) is 14.5 Å². The zero-order valence-electron chi connectivity index (χ0n) is 23.7. The second-order valence-corrected chi connectivity index (χ2v) is 10.2. The van der Waals surface area contributed by atoms with Crippen molar-refractivity contribution in [3.63, 3.8) is 0 Å². The Kier molecular flexibility index (Phi) is 6.80. The number of aromatic nitrogens is 3. The van der Waals surface area contributed by atoms with Crippen LogP contribution in [0.4, 0.5) is 11.4 Å². The second kappa shape index (κ2) is 11.2. The maximum atomic E-state index is 13.7. The van der Waals surface area contributed by atoms with E-state index in [1.54, 1.807) is 22.8 Å². The monoisotopic (exact) mass is 574 g/mol. The number of nitrogens with zero attached hydrogens (tertiary/aromatic N) is 6. The van der Waals surface area contributed by atoms with Crippen LogP contribution < -0.4 is 15.8 Å². The first-order valence-corrected chi connectivity index (χ1v) is 14.0. The van der Waals surface area contributed by atoms with Gasteiger partial charge >= 0.3 is 5.91 Å². The molecule has 212 valence electrons. The SMILES string of the molecule is Cn1cnc2nc(-c3ccc(N4C(=O)/C(=N/Nc5ccccc5)N=C4c4ccccc4)cc3)cc(-c3ccccc3)c2c1=N. The highest BCUT2D eigenvalue weighted by Gasteiger charge is 2.34. The van der Waals surface area contributed by atoms with Crippen molar-refractivity contribution in [3.05, 3.63) is 139 Å². The van der Waals surface area contributed by atoms with E-state index in [-0.39, 0.29) is 11.7 Å². The van der Waals surface area contributed by atoms with Gasteiger partial charge in [-0.05, 0) is 41.5 Å². The highest BCUT2D eigenvalue weighted by Crippen LogP contribution is 2.31. The van der Waals surface area contributed by atoms with Crippen LogP contribution in [-0.4, -0.2) is 32.1 Å². The molecule has 2 N–H and O–H groups in total. The largest absolute Gasteiger partial charge is 0.320 e. The number of anilines is 2. The molecule has 0 radical (unpaired) electrons. The highest BCUT2D eigenvalue weighted by atomic mass is 16.2. The first-order valence-electron chi connectivity index (χ1n) is 14.0. The van der Waals surface area contributed by atoms with Crippen LogP contribution in [-0.2, 0) is 11.8 Å². The van der Waals surface area contributed by atoms with Gasteiger partial charge in [-0.25, -0.2) is 15.0 Å². The summed E-state index contributed by atoms with van der Waals surface area (Å²) in [6, 6.07) is 38.5. The lowest BCUT2D eigenvalue weighted by atomic mass is 10.00. The molecule has 1 aliphatic heterocycles. The number of benzene rings is 4. The minimum atomic E-state index is -0.338. The maximum absolute atomic E-state index is 13.7. The molecule has 4 aromatic carbocycles. The molecular weight excluding hydrogens is 548 g/mol. The number of amidine groups is 2. The fourth-order valence-electron chi connectivity index (χ4n) is 5.13. The third-order valence-corrected chi connectivity index (χ3v) is 7.36. The van der Waals surface area contributed by atoms with Gasteiger partial charge in [0.2, 0.25) is 5.84 Å². The molecule has 9 nitrogen and oxygen atoms in total. The van der Waals surface area contributed by atoms with Crippen LogP contribution in [0.1, 0.15) is 5.56 Å². The minimum Gasteiger partial charge on any atom is -0.320 e. The minimum absolute atomic E-state index is 0.0610. The van der Waals surface area contributed by atoms with E-state index in [0.717, 1.165) is 27.9 Å². The van der Waals surface area contributed by atoms with Gasteiger partial charge in [0.15, 0.2) is 5.65 Å². The highest BCUT2D eigenvalue weighted by molar-refractivity contribution is 6.55. The molecule has 0 fully saturated rings. The Morgan fingerprint density at radius 2 is 1.41 bits per heavy atom. The van der Waals surface area contributed by atoms with Gasteiger partial charge < -0.3 is 4.57 Å². The molecule has 1 amide bonds. The molecule has 1 aliphatic rings. The predicted molar refractivity (Wildman–Crippen MR) is 173 cm³/mol. The fraction of sp³-hybridized carbons (Fsp3) is 0.0286. The number of pyridine rings is 1. The summed E-state index contributed by atoms with van der Waals surface area (Å²) in [6.45, 7) is 0. The van der Waals surface area contributed by atoms with Crippen molar-refractivity contribution in [2.24, 2.45) is 17.1 Å². The third kappa shape index (κ3) is 4.92. The van der Waals surface area contributed by atoms with Crippen LogP contribution in [0.2, 0.25) is 0 Å². The van der Waals surface area contributed by atoms with E-state index < -0.39 is 0 Å². The van der Waals surface area contributed by atoms with E-state index >= 15 is 0 Å². The van der Waals surface area contributed by atoms with Crippen molar-refractivity contribution in [3.8, 4) is 22.4 Å². The molecule has 3 heterocycles. The lowest BCUT2D eigenvalue weighted by Gasteiger charge is -2.19. The summed E-state index contributed by atoms with van der Waals surface area (Å²) in [5.74, 6) is 0.216. The molecule has 0 saturated heterocycles. The first-order chi connectivity index (χ1) is 21.6. The van der Waals surface area contributed by atoms with Crippen LogP contribution in [0.25, 0.3) is 33.4 Å². The van der Waals surface area contributed by atoms with Crippen molar-refractivity contribution in [1.29, 1.82) is 5.41 Å². The number of aliphatic imine (C=N–C) groups is 1. The van der Waals surface area contributed by atoms with Gasteiger partial charge in [0.1, 0.15) is 11.3 Å².